The SMILES string of the molecule is Cc1ccn2nc(NCCCC(C)C)nc2c1. The normalized spacial score (nSPS) is 11.3. The number of pyridine rings is 1. The van der Waals surface area contributed by atoms with E-state index in [-0.39, 0.29) is 0 Å². The van der Waals surface area contributed by atoms with Crippen LogP contribution < -0.4 is 5.32 Å². The van der Waals surface area contributed by atoms with E-state index < -0.39 is 0 Å². The van der Waals surface area contributed by atoms with E-state index in [1.807, 2.05) is 18.3 Å². The van der Waals surface area contributed by atoms with Crippen LogP contribution in [0.5, 0.6) is 0 Å². The molecule has 0 atom stereocenters. The van der Waals surface area contributed by atoms with E-state index in [0.717, 1.165) is 30.5 Å². The third kappa shape index (κ3) is 3.19. The largest absolute Gasteiger partial charge is 0.353 e. The fourth-order valence-electron chi connectivity index (χ4n) is 1.77. The second-order valence-corrected chi connectivity index (χ2v) is 4.91. The van der Waals surface area contributed by atoms with Crippen LogP contribution in [0, 0.1) is 12.8 Å². The summed E-state index contributed by atoms with van der Waals surface area (Å²) in [7, 11) is 0. The first-order valence-electron chi connectivity index (χ1n) is 6.22. The quantitative estimate of drug-likeness (QED) is 0.806. The topological polar surface area (TPSA) is 42.2 Å². The molecule has 0 amide bonds. The molecule has 0 aromatic carbocycles. The molecule has 17 heavy (non-hydrogen) atoms. The molecule has 0 radical (unpaired) electrons. The van der Waals surface area contributed by atoms with E-state index >= 15 is 0 Å². The molecule has 0 saturated carbocycles. The Morgan fingerprint density at radius 2 is 2.24 bits per heavy atom. The van der Waals surface area contributed by atoms with Crippen LogP contribution in [0.15, 0.2) is 18.3 Å². The van der Waals surface area contributed by atoms with E-state index in [1.54, 1.807) is 4.52 Å². The van der Waals surface area contributed by atoms with Gasteiger partial charge in [0.25, 0.3) is 0 Å². The minimum absolute atomic E-state index is 0.722. The third-order valence-corrected chi connectivity index (χ3v) is 2.73. The van der Waals surface area contributed by atoms with E-state index in [1.165, 1.54) is 12.0 Å². The Hall–Kier alpha value is -1.58. The van der Waals surface area contributed by atoms with Gasteiger partial charge in [-0.05, 0) is 43.4 Å². The molecular formula is C13H20N4. The van der Waals surface area contributed by atoms with Gasteiger partial charge in [0.2, 0.25) is 5.95 Å². The van der Waals surface area contributed by atoms with Gasteiger partial charge in [0.1, 0.15) is 0 Å². The number of rotatable bonds is 5. The molecular weight excluding hydrogens is 212 g/mol. The smallest absolute Gasteiger partial charge is 0.243 e. The molecule has 0 aliphatic heterocycles. The van der Waals surface area contributed by atoms with E-state index in [2.05, 4.69) is 36.2 Å². The van der Waals surface area contributed by atoms with Gasteiger partial charge in [-0.1, -0.05) is 13.8 Å². The summed E-state index contributed by atoms with van der Waals surface area (Å²) >= 11 is 0. The van der Waals surface area contributed by atoms with Gasteiger partial charge < -0.3 is 5.32 Å². The summed E-state index contributed by atoms with van der Waals surface area (Å²) in [6, 6.07) is 4.07. The summed E-state index contributed by atoms with van der Waals surface area (Å²) in [5.74, 6) is 1.48. The molecule has 0 bridgehead atoms. The van der Waals surface area contributed by atoms with Gasteiger partial charge in [-0.25, -0.2) is 4.52 Å². The monoisotopic (exact) mass is 232 g/mol. The van der Waals surface area contributed by atoms with Gasteiger partial charge in [0.15, 0.2) is 5.65 Å². The van der Waals surface area contributed by atoms with Crippen molar-refractivity contribution in [2.24, 2.45) is 5.92 Å². The zero-order valence-electron chi connectivity index (χ0n) is 10.8. The lowest BCUT2D eigenvalue weighted by Crippen LogP contribution is -2.04. The average molecular weight is 232 g/mol. The van der Waals surface area contributed by atoms with Crippen LogP contribution in [0.3, 0.4) is 0 Å². The number of aryl methyl sites for hydroxylation is 1. The van der Waals surface area contributed by atoms with Gasteiger partial charge in [-0.3, -0.25) is 0 Å². The second-order valence-electron chi connectivity index (χ2n) is 4.91. The highest BCUT2D eigenvalue weighted by atomic mass is 15.3. The molecule has 4 nitrogen and oxygen atoms in total. The zero-order chi connectivity index (χ0) is 12.3. The lowest BCUT2D eigenvalue weighted by atomic mass is 10.1. The lowest BCUT2D eigenvalue weighted by Gasteiger charge is -2.03. The Labute approximate surface area is 102 Å². The van der Waals surface area contributed by atoms with Crippen molar-refractivity contribution in [1.82, 2.24) is 14.6 Å². The van der Waals surface area contributed by atoms with Gasteiger partial charge in [-0.15, -0.1) is 5.10 Å². The Balaban J connectivity index is 1.95. The maximum atomic E-state index is 4.43. The number of nitrogens with zero attached hydrogens (tertiary/aromatic N) is 3. The van der Waals surface area contributed by atoms with Gasteiger partial charge in [0.05, 0.1) is 0 Å². The summed E-state index contributed by atoms with van der Waals surface area (Å²) in [5.41, 5.74) is 2.10. The molecule has 4 heteroatoms. The molecule has 0 aliphatic rings. The Bertz CT molecular complexity index is 487. The van der Waals surface area contributed by atoms with Crippen molar-refractivity contribution < 1.29 is 0 Å². The second kappa shape index (κ2) is 5.17. The maximum Gasteiger partial charge on any atom is 0.243 e. The molecule has 0 unspecified atom stereocenters. The highest BCUT2D eigenvalue weighted by molar-refractivity contribution is 5.45. The molecule has 2 aromatic rings. The standard InChI is InChI=1S/C13H20N4/c1-10(2)5-4-7-14-13-15-12-9-11(3)6-8-17(12)16-13/h6,8-10H,4-5,7H2,1-3H3,(H,14,16). The number of nitrogens with one attached hydrogen (secondary N) is 1. The van der Waals surface area contributed by atoms with Crippen molar-refractivity contribution in [2.75, 3.05) is 11.9 Å². The predicted octanol–water partition coefficient (Wildman–Crippen LogP) is 2.89. The Morgan fingerprint density at radius 1 is 1.41 bits per heavy atom. The number of hydrogen-bond acceptors (Lipinski definition) is 3. The summed E-state index contributed by atoms with van der Waals surface area (Å²) in [6.45, 7) is 7.48. The van der Waals surface area contributed by atoms with Crippen LogP contribution in [0.2, 0.25) is 0 Å². The molecule has 1 N–H and O–H groups in total. The first-order chi connectivity index (χ1) is 8.15. The molecule has 0 saturated heterocycles. The van der Waals surface area contributed by atoms with Crippen LogP contribution in [0.4, 0.5) is 5.95 Å². The minimum atomic E-state index is 0.722. The fraction of sp³-hybridized carbons (Fsp3) is 0.538. The van der Waals surface area contributed by atoms with Crippen molar-refractivity contribution in [3.05, 3.63) is 23.9 Å². The highest BCUT2D eigenvalue weighted by Gasteiger charge is 2.02. The Morgan fingerprint density at radius 3 is 3.00 bits per heavy atom. The molecule has 0 aliphatic carbocycles. The van der Waals surface area contributed by atoms with E-state index in [9.17, 15) is 0 Å². The van der Waals surface area contributed by atoms with E-state index in [4.69, 9.17) is 0 Å². The number of hydrogen-bond donors (Lipinski definition) is 1. The zero-order valence-corrected chi connectivity index (χ0v) is 10.8. The lowest BCUT2D eigenvalue weighted by molar-refractivity contribution is 0.566. The summed E-state index contributed by atoms with van der Waals surface area (Å²) in [6.07, 6.45) is 4.34. The van der Waals surface area contributed by atoms with Gasteiger partial charge in [-0.2, -0.15) is 4.98 Å². The van der Waals surface area contributed by atoms with Crippen molar-refractivity contribution in [3.8, 4) is 0 Å². The van der Waals surface area contributed by atoms with Crippen LogP contribution in [-0.4, -0.2) is 21.1 Å². The molecule has 2 aromatic heterocycles. The molecule has 2 heterocycles. The van der Waals surface area contributed by atoms with Crippen LogP contribution in [-0.2, 0) is 0 Å². The van der Waals surface area contributed by atoms with Crippen LogP contribution in [0.25, 0.3) is 5.65 Å². The van der Waals surface area contributed by atoms with E-state index in [0.29, 0.717) is 0 Å². The van der Waals surface area contributed by atoms with Gasteiger partial charge >= 0.3 is 0 Å². The molecule has 0 spiro atoms. The number of fused-ring (bicyclic) bond motifs is 1. The average Bonchev–Trinajstić information content (AvgIpc) is 2.66. The van der Waals surface area contributed by atoms with Crippen molar-refractivity contribution in [1.29, 1.82) is 0 Å². The summed E-state index contributed by atoms with van der Waals surface area (Å²) in [4.78, 5) is 4.43. The highest BCUT2D eigenvalue weighted by Crippen LogP contribution is 2.08. The first kappa shape index (κ1) is 11.9. The minimum Gasteiger partial charge on any atom is -0.353 e. The fourth-order valence-corrected chi connectivity index (χ4v) is 1.77. The van der Waals surface area contributed by atoms with Crippen molar-refractivity contribution >= 4 is 11.6 Å². The van der Waals surface area contributed by atoms with Crippen molar-refractivity contribution in [2.45, 2.75) is 33.6 Å². The maximum absolute atomic E-state index is 4.43. The third-order valence-electron chi connectivity index (χ3n) is 2.73. The first-order valence-corrected chi connectivity index (χ1v) is 6.22. The van der Waals surface area contributed by atoms with Gasteiger partial charge in [0, 0.05) is 12.7 Å². The van der Waals surface area contributed by atoms with Crippen LogP contribution >= 0.6 is 0 Å². The van der Waals surface area contributed by atoms with Crippen LogP contribution in [0.1, 0.15) is 32.3 Å². The molecule has 92 valence electrons. The molecule has 2 rings (SSSR count). The number of aromatic nitrogens is 3. The molecule has 0 fully saturated rings. The summed E-state index contributed by atoms with van der Waals surface area (Å²) in [5, 5.41) is 7.63. The summed E-state index contributed by atoms with van der Waals surface area (Å²) < 4.78 is 1.80. The number of anilines is 1. The van der Waals surface area contributed by atoms with Crippen molar-refractivity contribution in [3.63, 3.8) is 0 Å². The Kier molecular flexibility index (Phi) is 3.61. The predicted molar refractivity (Wildman–Crippen MR) is 70.3 cm³/mol.